The average molecular weight is 416 g/mol. The Kier molecular flexibility index (Phi) is 7.55. The number of benzene rings is 1. The Bertz CT molecular complexity index is 757. The predicted octanol–water partition coefficient (Wildman–Crippen LogP) is 4.05. The highest BCUT2D eigenvalue weighted by Crippen LogP contribution is 2.29. The van der Waals surface area contributed by atoms with Gasteiger partial charge in [-0.15, -0.1) is 23.7 Å². The number of amides is 1. The summed E-state index contributed by atoms with van der Waals surface area (Å²) in [7, 11) is 1.50. The van der Waals surface area contributed by atoms with Gasteiger partial charge in [-0.05, 0) is 38.2 Å². The molecule has 0 saturated heterocycles. The zero-order valence-electron chi connectivity index (χ0n) is 14.6. The molecule has 0 fully saturated rings. The number of anilines is 1. The fourth-order valence-corrected chi connectivity index (χ4v) is 4.33. The van der Waals surface area contributed by atoms with Crippen LogP contribution < -0.4 is 15.8 Å². The molecule has 2 aromatic rings. The maximum Gasteiger partial charge on any atom is 0.255 e. The number of aryl methyl sites for hydroxylation is 3. The molecule has 142 valence electrons. The number of nitrogens with two attached hydrogens (primary N) is 1. The number of fused-ring (bicyclic) bond motifs is 1. The standard InChI is InChI=1S/C18H22ClN3O2S.ClH/c1-24-15-10-13(20)12(19)9-11(15)18(23)21-8-4-7-17-22-14-5-2-3-6-16(14)25-17;/h9-10H,2-8,20H2,1H3,(H,21,23);1H. The van der Waals surface area contributed by atoms with Gasteiger partial charge in [-0.3, -0.25) is 4.79 Å². The van der Waals surface area contributed by atoms with Gasteiger partial charge in [0.1, 0.15) is 5.75 Å². The molecular weight excluding hydrogens is 393 g/mol. The van der Waals surface area contributed by atoms with Gasteiger partial charge >= 0.3 is 0 Å². The lowest BCUT2D eigenvalue weighted by molar-refractivity contribution is 0.0950. The van der Waals surface area contributed by atoms with Crippen LogP contribution in [0.25, 0.3) is 0 Å². The Morgan fingerprint density at radius 2 is 2.15 bits per heavy atom. The second-order valence-electron chi connectivity index (χ2n) is 6.12. The minimum atomic E-state index is -0.211. The van der Waals surface area contributed by atoms with Crippen molar-refractivity contribution in [1.29, 1.82) is 0 Å². The number of nitrogens with one attached hydrogen (secondary N) is 1. The van der Waals surface area contributed by atoms with Gasteiger partial charge in [0, 0.05) is 23.9 Å². The van der Waals surface area contributed by atoms with Crippen LogP contribution in [-0.2, 0) is 19.3 Å². The van der Waals surface area contributed by atoms with Crippen molar-refractivity contribution in [2.45, 2.75) is 38.5 Å². The highest BCUT2D eigenvalue weighted by atomic mass is 35.5. The fourth-order valence-electron chi connectivity index (χ4n) is 2.96. The maximum absolute atomic E-state index is 12.4. The van der Waals surface area contributed by atoms with Gasteiger partial charge in [0.2, 0.25) is 0 Å². The molecule has 3 N–H and O–H groups in total. The van der Waals surface area contributed by atoms with E-state index < -0.39 is 0 Å². The lowest BCUT2D eigenvalue weighted by Gasteiger charge is -2.11. The van der Waals surface area contributed by atoms with Crippen molar-refractivity contribution in [3.05, 3.63) is 38.3 Å². The first kappa shape index (κ1) is 20.8. The van der Waals surface area contributed by atoms with Gasteiger partial charge in [0.05, 0.1) is 34.1 Å². The highest BCUT2D eigenvalue weighted by Gasteiger charge is 2.16. The molecule has 1 heterocycles. The minimum absolute atomic E-state index is 0. The van der Waals surface area contributed by atoms with E-state index in [1.54, 1.807) is 12.1 Å². The number of hydrogen-bond donors (Lipinski definition) is 2. The first-order valence-corrected chi connectivity index (χ1v) is 9.66. The van der Waals surface area contributed by atoms with Crippen LogP contribution in [0.15, 0.2) is 12.1 Å². The molecule has 0 radical (unpaired) electrons. The summed E-state index contributed by atoms with van der Waals surface area (Å²) in [4.78, 5) is 18.5. The quantitative estimate of drug-likeness (QED) is 0.550. The number of hydrogen-bond acceptors (Lipinski definition) is 5. The maximum atomic E-state index is 12.4. The van der Waals surface area contributed by atoms with Crippen LogP contribution in [0.4, 0.5) is 5.69 Å². The molecule has 0 saturated carbocycles. The van der Waals surface area contributed by atoms with E-state index in [0.29, 0.717) is 28.6 Å². The van der Waals surface area contributed by atoms with Gasteiger partial charge in [-0.25, -0.2) is 4.98 Å². The summed E-state index contributed by atoms with van der Waals surface area (Å²) < 4.78 is 5.22. The van der Waals surface area contributed by atoms with Gasteiger partial charge in [-0.1, -0.05) is 11.6 Å². The number of rotatable bonds is 6. The topological polar surface area (TPSA) is 77.2 Å². The molecule has 0 atom stereocenters. The summed E-state index contributed by atoms with van der Waals surface area (Å²) in [5.41, 5.74) is 7.82. The molecule has 1 aromatic heterocycles. The van der Waals surface area contributed by atoms with E-state index in [2.05, 4.69) is 5.32 Å². The van der Waals surface area contributed by atoms with Crippen molar-refractivity contribution in [1.82, 2.24) is 10.3 Å². The van der Waals surface area contributed by atoms with E-state index in [1.165, 1.54) is 42.0 Å². The van der Waals surface area contributed by atoms with Crippen molar-refractivity contribution in [3.8, 4) is 5.75 Å². The van der Waals surface area contributed by atoms with E-state index in [4.69, 9.17) is 27.1 Å². The molecule has 1 amide bonds. The Labute approximate surface area is 168 Å². The Morgan fingerprint density at radius 1 is 1.38 bits per heavy atom. The summed E-state index contributed by atoms with van der Waals surface area (Å²) in [6.07, 6.45) is 6.54. The number of nitrogen functional groups attached to an aromatic ring is 1. The van der Waals surface area contributed by atoms with Crippen LogP contribution >= 0.6 is 35.3 Å². The van der Waals surface area contributed by atoms with Crippen molar-refractivity contribution in [3.63, 3.8) is 0 Å². The second-order valence-corrected chi connectivity index (χ2v) is 7.69. The van der Waals surface area contributed by atoms with E-state index in [1.807, 2.05) is 11.3 Å². The molecule has 1 aromatic carbocycles. The summed E-state index contributed by atoms with van der Waals surface area (Å²) in [5, 5.41) is 4.43. The smallest absolute Gasteiger partial charge is 0.255 e. The van der Waals surface area contributed by atoms with E-state index in [9.17, 15) is 4.79 Å². The first-order chi connectivity index (χ1) is 12.1. The molecule has 5 nitrogen and oxygen atoms in total. The molecule has 8 heteroatoms. The van der Waals surface area contributed by atoms with Crippen LogP contribution in [-0.4, -0.2) is 24.5 Å². The summed E-state index contributed by atoms with van der Waals surface area (Å²) in [6, 6.07) is 3.11. The molecule has 0 aliphatic heterocycles. The van der Waals surface area contributed by atoms with Gasteiger partial charge in [-0.2, -0.15) is 0 Å². The predicted molar refractivity (Wildman–Crippen MR) is 109 cm³/mol. The van der Waals surface area contributed by atoms with Crippen molar-refractivity contribution < 1.29 is 9.53 Å². The number of thiazole rings is 1. The van der Waals surface area contributed by atoms with Crippen LogP contribution in [0.3, 0.4) is 0 Å². The molecule has 0 spiro atoms. The lowest BCUT2D eigenvalue weighted by atomic mass is 10.0. The number of halogens is 2. The van der Waals surface area contributed by atoms with Gasteiger partial charge < -0.3 is 15.8 Å². The van der Waals surface area contributed by atoms with Crippen LogP contribution in [0.5, 0.6) is 5.75 Å². The Balaban J connectivity index is 0.00000243. The second kappa shape index (κ2) is 9.44. The zero-order valence-corrected chi connectivity index (χ0v) is 17.0. The molecular formula is C18H23Cl2N3O2S. The molecule has 1 aliphatic carbocycles. The normalized spacial score (nSPS) is 12.8. The number of aromatic nitrogens is 1. The third-order valence-corrected chi connectivity index (χ3v) is 5.85. The van der Waals surface area contributed by atoms with E-state index in [0.717, 1.165) is 19.3 Å². The fraction of sp³-hybridized carbons (Fsp3) is 0.444. The summed E-state index contributed by atoms with van der Waals surface area (Å²) in [5.74, 6) is 0.212. The lowest BCUT2D eigenvalue weighted by Crippen LogP contribution is -2.25. The highest BCUT2D eigenvalue weighted by molar-refractivity contribution is 7.11. The van der Waals surface area contributed by atoms with Crippen molar-refractivity contribution >= 4 is 46.9 Å². The number of carbonyl (C=O) groups excluding carboxylic acids is 1. The number of methoxy groups -OCH3 is 1. The zero-order chi connectivity index (χ0) is 17.8. The molecule has 26 heavy (non-hydrogen) atoms. The Morgan fingerprint density at radius 3 is 2.88 bits per heavy atom. The average Bonchev–Trinajstić information content (AvgIpc) is 3.03. The molecule has 0 bridgehead atoms. The summed E-state index contributed by atoms with van der Waals surface area (Å²) in [6.45, 7) is 0.578. The van der Waals surface area contributed by atoms with Crippen LogP contribution in [0, 0.1) is 0 Å². The van der Waals surface area contributed by atoms with Crippen molar-refractivity contribution in [2.75, 3.05) is 19.4 Å². The monoisotopic (exact) mass is 415 g/mol. The van der Waals surface area contributed by atoms with Gasteiger partial charge in [0.25, 0.3) is 5.91 Å². The van der Waals surface area contributed by atoms with Crippen LogP contribution in [0.1, 0.15) is 45.2 Å². The number of nitrogens with zero attached hydrogens (tertiary/aromatic N) is 1. The molecule has 0 unspecified atom stereocenters. The SMILES string of the molecule is COc1cc(N)c(Cl)cc1C(=O)NCCCc1nc2c(s1)CCCC2.Cl. The van der Waals surface area contributed by atoms with Crippen LogP contribution in [0.2, 0.25) is 5.02 Å². The molecule has 1 aliphatic rings. The number of carbonyl (C=O) groups is 1. The number of ether oxygens (including phenoxy) is 1. The summed E-state index contributed by atoms with van der Waals surface area (Å²) >= 11 is 7.84. The minimum Gasteiger partial charge on any atom is -0.496 e. The van der Waals surface area contributed by atoms with E-state index >= 15 is 0 Å². The van der Waals surface area contributed by atoms with Crippen molar-refractivity contribution in [2.24, 2.45) is 0 Å². The first-order valence-electron chi connectivity index (χ1n) is 8.47. The van der Waals surface area contributed by atoms with E-state index in [-0.39, 0.29) is 18.3 Å². The largest absolute Gasteiger partial charge is 0.496 e. The third kappa shape index (κ3) is 4.81. The third-order valence-electron chi connectivity index (χ3n) is 4.31. The molecule has 3 rings (SSSR count). The van der Waals surface area contributed by atoms with Gasteiger partial charge in [0.15, 0.2) is 0 Å². The Hall–Kier alpha value is -1.50.